The highest BCUT2D eigenvalue weighted by molar-refractivity contribution is 6.30. The van der Waals surface area contributed by atoms with Crippen molar-refractivity contribution in [3.8, 4) is 5.75 Å². The number of likely N-dealkylation sites (tertiary alicyclic amines) is 1. The third-order valence-electron chi connectivity index (χ3n) is 6.27. The Bertz CT molecular complexity index is 968. The van der Waals surface area contributed by atoms with Crippen LogP contribution in [-0.2, 0) is 26.3 Å². The van der Waals surface area contributed by atoms with E-state index in [0.29, 0.717) is 18.2 Å². The lowest BCUT2D eigenvalue weighted by Crippen LogP contribution is -2.28. The standard InChI is InChI=1S/C18H20ClNO5.C2HF3O2/c1-16(2)9-25-13-10(3-11(19)4-12(13)16)5-20-7-17(14(21)22)6-18(17,8-20)15(23)24;3-2(4,5)1(6)7/h3-4H,5-9H2,1-2H3,(H,21,22)(H,23,24);(H,6,7)/t17-,18+;. The van der Waals surface area contributed by atoms with Gasteiger partial charge in [0.1, 0.15) is 5.75 Å². The molecule has 176 valence electrons. The highest BCUT2D eigenvalue weighted by atomic mass is 35.5. The summed E-state index contributed by atoms with van der Waals surface area (Å²) in [5, 5.41) is 26.8. The van der Waals surface area contributed by atoms with Crippen molar-refractivity contribution in [1.82, 2.24) is 4.90 Å². The van der Waals surface area contributed by atoms with Gasteiger partial charge in [0.25, 0.3) is 0 Å². The molecule has 1 saturated heterocycles. The molecule has 0 amide bonds. The first-order valence-corrected chi connectivity index (χ1v) is 9.88. The van der Waals surface area contributed by atoms with E-state index < -0.39 is 34.9 Å². The Labute approximate surface area is 185 Å². The van der Waals surface area contributed by atoms with Crippen LogP contribution < -0.4 is 4.74 Å². The zero-order valence-electron chi connectivity index (χ0n) is 17.1. The molecule has 2 heterocycles. The van der Waals surface area contributed by atoms with Crippen molar-refractivity contribution in [2.24, 2.45) is 10.8 Å². The van der Waals surface area contributed by atoms with E-state index in [-0.39, 0.29) is 24.9 Å². The van der Waals surface area contributed by atoms with E-state index in [1.54, 1.807) is 0 Å². The molecule has 3 aliphatic rings. The van der Waals surface area contributed by atoms with E-state index in [9.17, 15) is 33.0 Å². The number of fused-ring (bicyclic) bond motifs is 2. The number of hydrogen-bond donors (Lipinski definition) is 3. The lowest BCUT2D eigenvalue weighted by atomic mass is 9.86. The van der Waals surface area contributed by atoms with Crippen molar-refractivity contribution in [2.45, 2.75) is 38.4 Å². The molecule has 8 nitrogen and oxygen atoms in total. The van der Waals surface area contributed by atoms with E-state index in [0.717, 1.165) is 16.9 Å². The third-order valence-corrected chi connectivity index (χ3v) is 6.49. The van der Waals surface area contributed by atoms with Gasteiger partial charge < -0.3 is 20.1 Å². The summed E-state index contributed by atoms with van der Waals surface area (Å²) in [6.45, 7) is 5.64. The maximum atomic E-state index is 11.7. The second-order valence-electron chi connectivity index (χ2n) is 9.01. The summed E-state index contributed by atoms with van der Waals surface area (Å²) in [5.41, 5.74) is -0.538. The number of piperidine rings is 1. The summed E-state index contributed by atoms with van der Waals surface area (Å²) in [6.07, 6.45) is -4.88. The normalized spacial score (nSPS) is 27.4. The third kappa shape index (κ3) is 3.88. The molecule has 0 radical (unpaired) electrons. The summed E-state index contributed by atoms with van der Waals surface area (Å²) >= 11 is 6.27. The van der Waals surface area contributed by atoms with Crippen LogP contribution >= 0.6 is 11.6 Å². The molecule has 1 aliphatic carbocycles. The molecule has 0 aromatic heterocycles. The Morgan fingerprint density at radius 2 is 1.59 bits per heavy atom. The number of hydrogen-bond acceptors (Lipinski definition) is 5. The van der Waals surface area contributed by atoms with Crippen molar-refractivity contribution in [3.63, 3.8) is 0 Å². The minimum atomic E-state index is -5.08. The monoisotopic (exact) mass is 479 g/mol. The molecule has 0 bridgehead atoms. The zero-order valence-corrected chi connectivity index (χ0v) is 17.9. The number of nitrogens with zero attached hydrogens (tertiary/aromatic N) is 1. The molecular formula is C20H21ClF3NO7. The Morgan fingerprint density at radius 1 is 1.09 bits per heavy atom. The van der Waals surface area contributed by atoms with Gasteiger partial charge in [-0.05, 0) is 18.6 Å². The minimum Gasteiger partial charge on any atom is -0.492 e. The molecule has 32 heavy (non-hydrogen) atoms. The van der Waals surface area contributed by atoms with Crippen LogP contribution in [0, 0.1) is 10.8 Å². The molecule has 3 N–H and O–H groups in total. The lowest BCUT2D eigenvalue weighted by Gasteiger charge is -2.21. The number of aliphatic carboxylic acids is 3. The van der Waals surface area contributed by atoms with Gasteiger partial charge in [-0.25, -0.2) is 4.79 Å². The predicted molar refractivity (Wildman–Crippen MR) is 104 cm³/mol. The molecule has 0 spiro atoms. The first-order chi connectivity index (χ1) is 14.6. The van der Waals surface area contributed by atoms with Crippen LogP contribution in [0.5, 0.6) is 5.75 Å². The van der Waals surface area contributed by atoms with E-state index in [4.69, 9.17) is 26.2 Å². The molecule has 1 aromatic carbocycles. The fraction of sp³-hybridized carbons (Fsp3) is 0.550. The quantitative estimate of drug-likeness (QED) is 0.602. The molecule has 1 saturated carbocycles. The lowest BCUT2D eigenvalue weighted by molar-refractivity contribution is -0.192. The Balaban J connectivity index is 0.000000360. The van der Waals surface area contributed by atoms with Crippen LogP contribution in [-0.4, -0.2) is 64.0 Å². The van der Waals surface area contributed by atoms with Gasteiger partial charge in [0, 0.05) is 41.2 Å². The molecule has 0 unspecified atom stereocenters. The molecule has 2 atom stereocenters. The van der Waals surface area contributed by atoms with Gasteiger partial charge in [-0.2, -0.15) is 13.2 Å². The van der Waals surface area contributed by atoms with Gasteiger partial charge in [0.05, 0.1) is 17.4 Å². The Morgan fingerprint density at radius 3 is 2.03 bits per heavy atom. The number of carboxylic acid groups (broad SMARTS) is 3. The van der Waals surface area contributed by atoms with Gasteiger partial charge in [-0.1, -0.05) is 25.4 Å². The van der Waals surface area contributed by atoms with Crippen molar-refractivity contribution in [2.75, 3.05) is 19.7 Å². The van der Waals surface area contributed by atoms with Crippen LogP contribution in [0.1, 0.15) is 31.4 Å². The highest BCUT2D eigenvalue weighted by Crippen LogP contribution is 2.68. The number of alkyl halides is 3. The van der Waals surface area contributed by atoms with Crippen molar-refractivity contribution in [3.05, 3.63) is 28.3 Å². The van der Waals surface area contributed by atoms with Gasteiger partial charge in [-0.15, -0.1) is 0 Å². The van der Waals surface area contributed by atoms with Gasteiger partial charge in [-0.3, -0.25) is 14.5 Å². The average molecular weight is 480 g/mol. The molecule has 4 rings (SSSR count). The zero-order chi connectivity index (χ0) is 24.3. The minimum absolute atomic E-state index is 0.132. The average Bonchev–Trinajstić information content (AvgIpc) is 3.03. The largest absolute Gasteiger partial charge is 0.492 e. The Hall–Kier alpha value is -2.53. The van der Waals surface area contributed by atoms with Crippen molar-refractivity contribution in [1.29, 1.82) is 0 Å². The maximum Gasteiger partial charge on any atom is 0.490 e. The summed E-state index contributed by atoms with van der Waals surface area (Å²) in [6, 6.07) is 3.74. The fourth-order valence-electron chi connectivity index (χ4n) is 4.52. The van der Waals surface area contributed by atoms with Crippen LogP contribution in [0.4, 0.5) is 13.2 Å². The smallest absolute Gasteiger partial charge is 0.490 e. The van der Waals surface area contributed by atoms with Crippen LogP contribution in [0.25, 0.3) is 0 Å². The molecule has 2 aliphatic heterocycles. The fourth-order valence-corrected chi connectivity index (χ4v) is 4.77. The second-order valence-corrected chi connectivity index (χ2v) is 9.45. The summed E-state index contributed by atoms with van der Waals surface area (Å²) in [5.74, 6) is -4.01. The topological polar surface area (TPSA) is 124 Å². The first kappa shape index (κ1) is 24.1. The van der Waals surface area contributed by atoms with E-state index >= 15 is 0 Å². The van der Waals surface area contributed by atoms with Crippen LogP contribution in [0.15, 0.2) is 12.1 Å². The second kappa shape index (κ2) is 7.51. The number of rotatable bonds is 4. The van der Waals surface area contributed by atoms with Crippen molar-refractivity contribution >= 4 is 29.5 Å². The van der Waals surface area contributed by atoms with E-state index in [1.807, 2.05) is 17.0 Å². The first-order valence-electron chi connectivity index (χ1n) is 9.51. The maximum absolute atomic E-state index is 11.7. The van der Waals surface area contributed by atoms with Crippen LogP contribution in [0.3, 0.4) is 0 Å². The molecular weight excluding hydrogens is 459 g/mol. The summed E-state index contributed by atoms with van der Waals surface area (Å²) in [7, 11) is 0. The summed E-state index contributed by atoms with van der Waals surface area (Å²) in [4.78, 5) is 34.1. The molecule has 2 fully saturated rings. The number of ether oxygens (including phenoxy) is 1. The number of carboxylic acids is 3. The molecule has 1 aromatic rings. The van der Waals surface area contributed by atoms with Gasteiger partial charge >= 0.3 is 24.1 Å². The van der Waals surface area contributed by atoms with Crippen molar-refractivity contribution < 1.29 is 47.6 Å². The van der Waals surface area contributed by atoms with Gasteiger partial charge in [0.2, 0.25) is 0 Å². The number of halogens is 4. The SMILES string of the molecule is CC1(C)COc2c(CN3C[C@@]4(C(=O)O)C[C@@]4(C(=O)O)C3)cc(Cl)cc21.O=C(O)C(F)(F)F. The number of carbonyl (C=O) groups is 3. The van der Waals surface area contributed by atoms with Crippen LogP contribution in [0.2, 0.25) is 5.02 Å². The summed E-state index contributed by atoms with van der Waals surface area (Å²) < 4.78 is 37.6. The van der Waals surface area contributed by atoms with E-state index in [2.05, 4.69) is 13.8 Å². The van der Waals surface area contributed by atoms with Gasteiger partial charge in [0.15, 0.2) is 0 Å². The number of benzene rings is 1. The van der Waals surface area contributed by atoms with E-state index in [1.165, 1.54) is 0 Å². The molecule has 12 heteroatoms. The predicted octanol–water partition coefficient (Wildman–Crippen LogP) is 3.00. The Kier molecular flexibility index (Phi) is 5.66. The highest BCUT2D eigenvalue weighted by Gasteiger charge is 2.80.